The smallest absolute Gasteiger partial charge is 0.0736 e. The van der Waals surface area contributed by atoms with Crippen molar-refractivity contribution in [1.29, 1.82) is 5.26 Å². The van der Waals surface area contributed by atoms with Gasteiger partial charge in [-0.25, -0.2) is 0 Å². The van der Waals surface area contributed by atoms with Gasteiger partial charge in [-0.05, 0) is 49.4 Å². The zero-order chi connectivity index (χ0) is 9.67. The van der Waals surface area contributed by atoms with Crippen LogP contribution in [0.5, 0.6) is 0 Å². The standard InChI is InChI=1S/C12H13NO/c1-10(2,14)12-7-4-5(7)6(4)8-9(12)11(8,12)3-13/h4-9,14H,1-2H3. The average molecular weight is 187 g/mol. The van der Waals surface area contributed by atoms with Gasteiger partial charge in [0, 0.05) is 5.41 Å². The monoisotopic (exact) mass is 187 g/mol. The molecule has 0 spiro atoms. The van der Waals surface area contributed by atoms with Crippen LogP contribution in [0.3, 0.4) is 0 Å². The molecule has 0 amide bonds. The van der Waals surface area contributed by atoms with E-state index in [1.54, 1.807) is 0 Å². The van der Waals surface area contributed by atoms with Crippen LogP contribution < -0.4 is 0 Å². The van der Waals surface area contributed by atoms with E-state index in [-0.39, 0.29) is 10.8 Å². The van der Waals surface area contributed by atoms with E-state index in [0.717, 1.165) is 23.7 Å². The molecule has 0 aromatic rings. The normalized spacial score (nSPS) is 78.1. The van der Waals surface area contributed by atoms with Crippen molar-refractivity contribution in [1.82, 2.24) is 0 Å². The number of aliphatic hydroxyl groups is 1. The molecule has 2 nitrogen and oxygen atoms in total. The Balaban J connectivity index is 1.73. The van der Waals surface area contributed by atoms with Gasteiger partial charge in [-0.15, -0.1) is 0 Å². The zero-order valence-corrected chi connectivity index (χ0v) is 8.36. The highest BCUT2D eigenvalue weighted by Crippen LogP contribution is 3.12. The summed E-state index contributed by atoms with van der Waals surface area (Å²) in [6, 6.07) is 2.55. The Bertz CT molecular complexity index is 434. The van der Waals surface area contributed by atoms with Crippen molar-refractivity contribution in [2.45, 2.75) is 19.4 Å². The molecule has 6 rings (SSSR count). The highest BCUT2D eigenvalue weighted by molar-refractivity contribution is 5.62. The van der Waals surface area contributed by atoms with E-state index in [4.69, 9.17) is 0 Å². The molecule has 2 bridgehead atoms. The summed E-state index contributed by atoms with van der Waals surface area (Å²) in [7, 11) is 0. The number of nitriles is 1. The van der Waals surface area contributed by atoms with E-state index in [2.05, 4.69) is 6.07 Å². The minimum atomic E-state index is -0.618. The molecule has 6 fully saturated rings. The molecule has 0 saturated heterocycles. The highest BCUT2D eigenvalue weighted by atomic mass is 16.3. The van der Waals surface area contributed by atoms with Gasteiger partial charge in [0.15, 0.2) is 0 Å². The van der Waals surface area contributed by atoms with E-state index in [1.165, 1.54) is 0 Å². The van der Waals surface area contributed by atoms with Crippen molar-refractivity contribution in [2.24, 2.45) is 46.3 Å². The lowest BCUT2D eigenvalue weighted by Crippen LogP contribution is -2.52. The van der Waals surface area contributed by atoms with Crippen molar-refractivity contribution < 1.29 is 5.11 Å². The molecule has 0 radical (unpaired) electrons. The van der Waals surface area contributed by atoms with Crippen LogP contribution in [-0.4, -0.2) is 10.7 Å². The second kappa shape index (κ2) is 1.23. The minimum Gasteiger partial charge on any atom is -0.390 e. The van der Waals surface area contributed by atoms with Crippen molar-refractivity contribution in [3.8, 4) is 6.07 Å². The highest BCUT2D eigenvalue weighted by Gasteiger charge is 3.13. The van der Waals surface area contributed by atoms with Crippen molar-refractivity contribution >= 4 is 0 Å². The molecule has 0 heterocycles. The topological polar surface area (TPSA) is 44.0 Å². The van der Waals surface area contributed by atoms with E-state index in [0.29, 0.717) is 11.8 Å². The number of hydrogen-bond acceptors (Lipinski definition) is 2. The van der Waals surface area contributed by atoms with Gasteiger partial charge in [-0.3, -0.25) is 0 Å². The number of nitrogens with zero attached hydrogens (tertiary/aromatic N) is 1. The minimum absolute atomic E-state index is 0.0451. The second-order valence-electron chi connectivity index (χ2n) is 6.67. The first-order valence-electron chi connectivity index (χ1n) is 5.69. The molecule has 72 valence electrons. The summed E-state index contributed by atoms with van der Waals surface area (Å²) in [5.41, 5.74) is -0.624. The van der Waals surface area contributed by atoms with Gasteiger partial charge in [-0.2, -0.15) is 5.26 Å². The third kappa shape index (κ3) is 0.301. The molecule has 6 atom stereocenters. The first kappa shape index (κ1) is 6.85. The van der Waals surface area contributed by atoms with Crippen LogP contribution in [0.15, 0.2) is 0 Å². The van der Waals surface area contributed by atoms with E-state index in [9.17, 15) is 10.4 Å². The molecule has 14 heavy (non-hydrogen) atoms. The summed E-state index contributed by atoms with van der Waals surface area (Å²) in [6.07, 6.45) is 0. The van der Waals surface area contributed by atoms with Crippen molar-refractivity contribution in [3.63, 3.8) is 0 Å². The van der Waals surface area contributed by atoms with E-state index in [1.807, 2.05) is 13.8 Å². The van der Waals surface area contributed by atoms with Gasteiger partial charge < -0.3 is 5.11 Å². The fourth-order valence-corrected chi connectivity index (χ4v) is 6.13. The molecule has 6 aliphatic carbocycles. The third-order valence-electron chi connectivity index (χ3n) is 6.38. The Labute approximate surface area is 82.9 Å². The first-order valence-corrected chi connectivity index (χ1v) is 5.69. The van der Waals surface area contributed by atoms with Crippen LogP contribution >= 0.6 is 0 Å². The fraction of sp³-hybridized carbons (Fsp3) is 0.917. The van der Waals surface area contributed by atoms with Gasteiger partial charge in [0.25, 0.3) is 0 Å². The molecule has 0 aromatic carbocycles. The molecular weight excluding hydrogens is 174 g/mol. The summed E-state index contributed by atoms with van der Waals surface area (Å²) in [5, 5.41) is 19.6. The summed E-state index contributed by atoms with van der Waals surface area (Å²) in [5.74, 6) is 4.83. The molecule has 0 aliphatic heterocycles. The Hall–Kier alpha value is -0.550. The van der Waals surface area contributed by atoms with Crippen molar-refractivity contribution in [2.75, 3.05) is 0 Å². The maximum atomic E-state index is 10.3. The lowest BCUT2D eigenvalue weighted by Gasteiger charge is -2.48. The molecule has 2 heteroatoms. The second-order valence-corrected chi connectivity index (χ2v) is 6.67. The average Bonchev–Trinajstić information content (AvgIpc) is 2.87. The van der Waals surface area contributed by atoms with Crippen molar-refractivity contribution in [3.05, 3.63) is 0 Å². The quantitative estimate of drug-likeness (QED) is 0.666. The van der Waals surface area contributed by atoms with Crippen LogP contribution in [0.2, 0.25) is 0 Å². The molecule has 6 aliphatic rings. The van der Waals surface area contributed by atoms with Crippen LogP contribution in [0, 0.1) is 57.7 Å². The molecule has 6 unspecified atom stereocenters. The maximum absolute atomic E-state index is 10.3. The predicted octanol–water partition coefficient (Wildman–Crippen LogP) is 1.02. The lowest BCUT2D eigenvalue weighted by atomic mass is 9.57. The van der Waals surface area contributed by atoms with Gasteiger partial charge >= 0.3 is 0 Å². The number of rotatable bonds is 1. The molecule has 6 saturated carbocycles. The van der Waals surface area contributed by atoms with Gasteiger partial charge in [0.05, 0.1) is 17.1 Å². The Kier molecular flexibility index (Phi) is 0.601. The van der Waals surface area contributed by atoms with Gasteiger partial charge in [-0.1, -0.05) is 0 Å². The Morgan fingerprint density at radius 3 is 2.21 bits per heavy atom. The van der Waals surface area contributed by atoms with E-state index >= 15 is 0 Å². The fourth-order valence-electron chi connectivity index (χ4n) is 6.13. The lowest BCUT2D eigenvalue weighted by molar-refractivity contribution is -0.106. The SMILES string of the molecule is CC(C)(O)C12C3C4C(C43)C3C1C32C#N. The zero-order valence-electron chi connectivity index (χ0n) is 8.36. The molecule has 0 aromatic heterocycles. The maximum Gasteiger partial charge on any atom is 0.0736 e. The van der Waals surface area contributed by atoms with Crippen LogP contribution in [0.25, 0.3) is 0 Å². The Morgan fingerprint density at radius 1 is 1.21 bits per heavy atom. The van der Waals surface area contributed by atoms with Gasteiger partial charge in [0.2, 0.25) is 0 Å². The predicted molar refractivity (Wildman–Crippen MR) is 47.7 cm³/mol. The van der Waals surface area contributed by atoms with Gasteiger partial charge in [0.1, 0.15) is 0 Å². The molecular formula is C12H13NO. The van der Waals surface area contributed by atoms with E-state index < -0.39 is 5.60 Å². The molecule has 1 N–H and O–H groups in total. The largest absolute Gasteiger partial charge is 0.390 e. The van der Waals surface area contributed by atoms with Crippen LogP contribution in [-0.2, 0) is 0 Å². The summed E-state index contributed by atoms with van der Waals surface area (Å²) < 4.78 is 0. The van der Waals surface area contributed by atoms with Crippen LogP contribution in [0.1, 0.15) is 13.8 Å². The Morgan fingerprint density at radius 2 is 1.79 bits per heavy atom. The third-order valence-corrected chi connectivity index (χ3v) is 6.38. The first-order chi connectivity index (χ1) is 6.55. The van der Waals surface area contributed by atoms with Crippen LogP contribution in [0.4, 0.5) is 0 Å². The summed E-state index contributed by atoms with van der Waals surface area (Å²) in [6.45, 7) is 3.85. The summed E-state index contributed by atoms with van der Waals surface area (Å²) >= 11 is 0. The summed E-state index contributed by atoms with van der Waals surface area (Å²) in [4.78, 5) is 0. The number of hydrogen-bond donors (Lipinski definition) is 1.